The third-order valence-electron chi connectivity index (χ3n) is 3.92. The van der Waals surface area contributed by atoms with E-state index in [4.69, 9.17) is 4.74 Å². The van der Waals surface area contributed by atoms with Crippen molar-refractivity contribution >= 4 is 28.4 Å². The van der Waals surface area contributed by atoms with Gasteiger partial charge in [-0.2, -0.15) is 13.2 Å². The van der Waals surface area contributed by atoms with Gasteiger partial charge in [-0.05, 0) is 27.2 Å². The van der Waals surface area contributed by atoms with Gasteiger partial charge in [-0.25, -0.2) is 14.6 Å². The normalized spacial score (nSPS) is 18.6. The zero-order chi connectivity index (χ0) is 20.6. The average Bonchev–Trinajstić information content (AvgIpc) is 2.98. The van der Waals surface area contributed by atoms with Crippen LogP contribution in [0.15, 0.2) is 0 Å². The van der Waals surface area contributed by atoms with Gasteiger partial charge in [0, 0.05) is 19.6 Å². The predicted molar refractivity (Wildman–Crippen MR) is 93.3 cm³/mol. The minimum Gasteiger partial charge on any atom is -0.476 e. The number of anilines is 1. The lowest BCUT2D eigenvalue weighted by molar-refractivity contribution is -0.137. The first-order chi connectivity index (χ1) is 12.3. The second-order valence-electron chi connectivity index (χ2n) is 7.16. The van der Waals surface area contributed by atoms with E-state index in [-0.39, 0.29) is 30.7 Å². The van der Waals surface area contributed by atoms with Crippen molar-refractivity contribution in [2.45, 2.75) is 51.9 Å². The Morgan fingerprint density at radius 1 is 1.30 bits per heavy atom. The summed E-state index contributed by atoms with van der Waals surface area (Å²) in [6.45, 7) is 7.69. The number of aromatic nitrogens is 1. The molecule has 0 aliphatic carbocycles. The van der Waals surface area contributed by atoms with Crippen molar-refractivity contribution < 1.29 is 32.6 Å². The molecule has 0 spiro atoms. The van der Waals surface area contributed by atoms with E-state index in [1.54, 1.807) is 25.7 Å². The van der Waals surface area contributed by atoms with Crippen LogP contribution in [0.1, 0.15) is 49.6 Å². The highest BCUT2D eigenvalue weighted by atomic mass is 32.1. The summed E-state index contributed by atoms with van der Waals surface area (Å²) in [4.78, 5) is 30.1. The standard InChI is InChI=1S/C16H22F3N3O4S/c1-5-9-8-21(6-7-22(9)14(25)26-15(2,3)4)11-10(12(23)24)20-13(27-11)16(17,18)19/h9H,5-8H2,1-4H3,(H,23,24). The fraction of sp³-hybridized carbons (Fsp3) is 0.688. The van der Waals surface area contributed by atoms with E-state index >= 15 is 0 Å². The number of carboxylic acid groups (broad SMARTS) is 1. The van der Waals surface area contributed by atoms with Crippen LogP contribution in [0.25, 0.3) is 0 Å². The van der Waals surface area contributed by atoms with Crippen LogP contribution in [0.2, 0.25) is 0 Å². The van der Waals surface area contributed by atoms with Crippen LogP contribution in [-0.4, -0.2) is 58.3 Å². The van der Waals surface area contributed by atoms with Gasteiger partial charge in [0.25, 0.3) is 0 Å². The Hall–Kier alpha value is -2.04. The number of alkyl halides is 3. The average molecular weight is 409 g/mol. The summed E-state index contributed by atoms with van der Waals surface area (Å²) in [6, 6.07) is -0.313. The Kier molecular flexibility index (Phi) is 5.93. The first-order valence-corrected chi connectivity index (χ1v) is 9.21. The maximum atomic E-state index is 12.9. The number of hydrogen-bond donors (Lipinski definition) is 1. The molecule has 1 aliphatic heterocycles. The zero-order valence-corrected chi connectivity index (χ0v) is 16.3. The summed E-state index contributed by atoms with van der Waals surface area (Å²) in [5, 5.41) is 7.99. The van der Waals surface area contributed by atoms with Crippen molar-refractivity contribution in [3.8, 4) is 0 Å². The van der Waals surface area contributed by atoms with Gasteiger partial charge >= 0.3 is 18.2 Å². The summed E-state index contributed by atoms with van der Waals surface area (Å²) in [5.74, 6) is -1.51. The van der Waals surface area contributed by atoms with Gasteiger partial charge in [-0.1, -0.05) is 18.3 Å². The second-order valence-corrected chi connectivity index (χ2v) is 8.14. The highest BCUT2D eigenvalue weighted by Crippen LogP contribution is 2.39. The highest BCUT2D eigenvalue weighted by molar-refractivity contribution is 7.16. The molecule has 152 valence electrons. The lowest BCUT2D eigenvalue weighted by atomic mass is 10.1. The van der Waals surface area contributed by atoms with E-state index < -0.39 is 34.5 Å². The maximum Gasteiger partial charge on any atom is 0.443 e. The van der Waals surface area contributed by atoms with Crippen molar-refractivity contribution in [2.24, 2.45) is 0 Å². The Bertz CT molecular complexity index is 715. The number of piperazine rings is 1. The molecule has 0 aromatic carbocycles. The molecule has 1 aliphatic rings. The molecule has 7 nitrogen and oxygen atoms in total. The molecule has 0 bridgehead atoms. The molecule has 1 aromatic rings. The Labute approximate surface area is 158 Å². The van der Waals surface area contributed by atoms with E-state index in [1.165, 1.54) is 4.90 Å². The first kappa shape index (κ1) is 21.3. The minimum absolute atomic E-state index is 0.0443. The topological polar surface area (TPSA) is 83.0 Å². The van der Waals surface area contributed by atoms with Gasteiger partial charge in [0.15, 0.2) is 5.69 Å². The van der Waals surface area contributed by atoms with E-state index in [2.05, 4.69) is 4.98 Å². The first-order valence-electron chi connectivity index (χ1n) is 8.39. The number of halogens is 3. The number of carboxylic acids is 1. The monoisotopic (exact) mass is 409 g/mol. The highest BCUT2D eigenvalue weighted by Gasteiger charge is 2.40. The number of amides is 1. The van der Waals surface area contributed by atoms with Crippen molar-refractivity contribution in [3.05, 3.63) is 10.7 Å². The molecule has 1 atom stereocenters. The molecule has 0 saturated carbocycles. The lowest BCUT2D eigenvalue weighted by Crippen LogP contribution is -2.56. The summed E-state index contributed by atoms with van der Waals surface area (Å²) in [7, 11) is 0. The van der Waals surface area contributed by atoms with Crippen molar-refractivity contribution in [3.63, 3.8) is 0 Å². The number of carbonyl (C=O) groups excluding carboxylic acids is 1. The molecule has 1 N–H and O–H groups in total. The van der Waals surface area contributed by atoms with Gasteiger partial charge in [-0.3, -0.25) is 0 Å². The SMILES string of the molecule is CCC1CN(c2sc(C(F)(F)F)nc2C(=O)O)CCN1C(=O)OC(C)(C)C. The van der Waals surface area contributed by atoms with Crippen LogP contribution in [-0.2, 0) is 10.9 Å². The smallest absolute Gasteiger partial charge is 0.443 e. The van der Waals surface area contributed by atoms with E-state index in [1.807, 2.05) is 6.92 Å². The minimum atomic E-state index is -4.71. The van der Waals surface area contributed by atoms with E-state index in [0.29, 0.717) is 17.8 Å². The number of nitrogens with zero attached hydrogens (tertiary/aromatic N) is 3. The molecule has 1 unspecified atom stereocenters. The Morgan fingerprint density at radius 2 is 1.93 bits per heavy atom. The summed E-state index contributed by atoms with van der Waals surface area (Å²) in [6.07, 6.45) is -4.66. The molecule has 1 saturated heterocycles. The molecule has 1 aromatic heterocycles. The third kappa shape index (κ3) is 5.02. The summed E-state index contributed by atoms with van der Waals surface area (Å²) < 4.78 is 44.2. The number of ether oxygens (including phenoxy) is 1. The summed E-state index contributed by atoms with van der Waals surface area (Å²) >= 11 is 0.308. The summed E-state index contributed by atoms with van der Waals surface area (Å²) in [5.41, 5.74) is -1.28. The van der Waals surface area contributed by atoms with Crippen molar-refractivity contribution in [1.82, 2.24) is 9.88 Å². The maximum absolute atomic E-state index is 12.9. The molecule has 0 radical (unpaired) electrons. The van der Waals surface area contributed by atoms with Crippen LogP contribution in [0.5, 0.6) is 0 Å². The molecule has 11 heteroatoms. The van der Waals surface area contributed by atoms with Crippen LogP contribution < -0.4 is 4.90 Å². The van der Waals surface area contributed by atoms with Crippen LogP contribution >= 0.6 is 11.3 Å². The Morgan fingerprint density at radius 3 is 2.41 bits per heavy atom. The van der Waals surface area contributed by atoms with Gasteiger partial charge in [0.2, 0.25) is 5.01 Å². The second kappa shape index (κ2) is 7.53. The zero-order valence-electron chi connectivity index (χ0n) is 15.5. The van der Waals surface area contributed by atoms with Gasteiger partial charge in [-0.15, -0.1) is 0 Å². The molecule has 2 heterocycles. The molecular formula is C16H22F3N3O4S. The molecule has 1 amide bonds. The number of aromatic carboxylic acids is 1. The van der Waals surface area contributed by atoms with Crippen molar-refractivity contribution in [1.29, 1.82) is 0 Å². The largest absolute Gasteiger partial charge is 0.476 e. The Balaban J connectivity index is 2.25. The fourth-order valence-corrected chi connectivity index (χ4v) is 3.70. The van der Waals surface area contributed by atoms with Crippen LogP contribution in [0.4, 0.5) is 23.0 Å². The number of carbonyl (C=O) groups is 2. The molecular weight excluding hydrogens is 387 g/mol. The lowest BCUT2D eigenvalue weighted by Gasteiger charge is -2.41. The van der Waals surface area contributed by atoms with Crippen molar-refractivity contribution in [2.75, 3.05) is 24.5 Å². The molecule has 1 fully saturated rings. The van der Waals surface area contributed by atoms with Gasteiger partial charge in [0.1, 0.15) is 10.6 Å². The van der Waals surface area contributed by atoms with E-state index in [9.17, 15) is 27.9 Å². The van der Waals surface area contributed by atoms with E-state index in [0.717, 1.165) is 0 Å². The fourth-order valence-electron chi connectivity index (χ4n) is 2.74. The molecule has 2 rings (SSSR count). The number of rotatable bonds is 3. The number of hydrogen-bond acceptors (Lipinski definition) is 6. The third-order valence-corrected chi connectivity index (χ3v) is 5.08. The van der Waals surface area contributed by atoms with Crippen LogP contribution in [0, 0.1) is 0 Å². The number of thiazole rings is 1. The van der Waals surface area contributed by atoms with Crippen LogP contribution in [0.3, 0.4) is 0 Å². The van der Waals surface area contributed by atoms with Gasteiger partial charge in [0.05, 0.1) is 6.04 Å². The van der Waals surface area contributed by atoms with Gasteiger partial charge < -0.3 is 19.6 Å². The molecule has 27 heavy (non-hydrogen) atoms. The predicted octanol–water partition coefficient (Wildman–Crippen LogP) is 3.70. The quantitative estimate of drug-likeness (QED) is 0.820.